The van der Waals surface area contributed by atoms with Crippen LogP contribution in [0.25, 0.3) is 10.6 Å². The van der Waals surface area contributed by atoms with Crippen LogP contribution in [-0.2, 0) is 4.74 Å². The smallest absolute Gasteiger partial charge is 0.273 e. The van der Waals surface area contributed by atoms with Crippen molar-refractivity contribution >= 4 is 17.2 Å². The standard InChI is InChI=1S/C15H16F2N2O3S/c1-19(6-10(20)7-22-2)15(21)13-8-23-14(18-13)9-3-4-11(16)12(17)5-9/h3-5,8,10,20H,6-7H2,1-2H3. The van der Waals surface area contributed by atoms with Crippen molar-refractivity contribution in [2.24, 2.45) is 0 Å². The summed E-state index contributed by atoms with van der Waals surface area (Å²) in [6.07, 6.45) is -0.793. The number of benzene rings is 1. The number of carbonyl (C=O) groups is 1. The minimum absolute atomic E-state index is 0.102. The zero-order chi connectivity index (χ0) is 17.0. The number of rotatable bonds is 6. The number of amides is 1. The fraction of sp³-hybridized carbons (Fsp3) is 0.333. The Bertz CT molecular complexity index is 693. The highest BCUT2D eigenvalue weighted by Gasteiger charge is 2.19. The monoisotopic (exact) mass is 342 g/mol. The van der Waals surface area contributed by atoms with Crippen LogP contribution in [0, 0.1) is 11.6 Å². The zero-order valence-corrected chi connectivity index (χ0v) is 13.4. The Morgan fingerprint density at radius 2 is 2.17 bits per heavy atom. The van der Waals surface area contributed by atoms with Gasteiger partial charge in [-0.3, -0.25) is 4.79 Å². The van der Waals surface area contributed by atoms with E-state index in [2.05, 4.69) is 4.98 Å². The van der Waals surface area contributed by atoms with Gasteiger partial charge in [-0.2, -0.15) is 0 Å². The molecule has 0 spiro atoms. The van der Waals surface area contributed by atoms with Gasteiger partial charge in [-0.25, -0.2) is 13.8 Å². The van der Waals surface area contributed by atoms with Crippen molar-refractivity contribution in [3.05, 3.63) is 40.9 Å². The number of aliphatic hydroxyl groups excluding tert-OH is 1. The number of carbonyl (C=O) groups excluding carboxylic acids is 1. The number of aromatic nitrogens is 1. The molecule has 1 N–H and O–H groups in total. The fourth-order valence-electron chi connectivity index (χ4n) is 1.97. The Balaban J connectivity index is 2.11. The quantitative estimate of drug-likeness (QED) is 0.874. The maximum absolute atomic E-state index is 13.3. The summed E-state index contributed by atoms with van der Waals surface area (Å²) in [4.78, 5) is 17.7. The lowest BCUT2D eigenvalue weighted by Crippen LogP contribution is -2.36. The second-order valence-corrected chi connectivity index (χ2v) is 5.82. The summed E-state index contributed by atoms with van der Waals surface area (Å²) in [6, 6.07) is 3.45. The van der Waals surface area contributed by atoms with Crippen molar-refractivity contribution in [2.75, 3.05) is 27.3 Å². The maximum atomic E-state index is 13.3. The molecule has 8 heteroatoms. The highest BCUT2D eigenvalue weighted by atomic mass is 32.1. The van der Waals surface area contributed by atoms with Crippen LogP contribution in [0.5, 0.6) is 0 Å². The molecule has 1 aromatic carbocycles. The predicted octanol–water partition coefficient (Wildman–Crippen LogP) is 2.17. The lowest BCUT2D eigenvalue weighted by Gasteiger charge is -2.19. The normalized spacial score (nSPS) is 12.2. The van der Waals surface area contributed by atoms with Crippen molar-refractivity contribution in [3.8, 4) is 10.6 Å². The number of methoxy groups -OCH3 is 1. The lowest BCUT2D eigenvalue weighted by molar-refractivity contribution is 0.0378. The highest BCUT2D eigenvalue weighted by molar-refractivity contribution is 7.13. The van der Waals surface area contributed by atoms with E-state index in [1.807, 2.05) is 0 Å². The number of halogens is 2. The number of aliphatic hydroxyl groups is 1. The minimum Gasteiger partial charge on any atom is -0.389 e. The first-order chi connectivity index (χ1) is 10.9. The molecule has 1 atom stereocenters. The van der Waals surface area contributed by atoms with E-state index in [9.17, 15) is 18.7 Å². The van der Waals surface area contributed by atoms with Crippen LogP contribution in [0.2, 0.25) is 0 Å². The van der Waals surface area contributed by atoms with Crippen molar-refractivity contribution in [3.63, 3.8) is 0 Å². The molecule has 2 aromatic rings. The summed E-state index contributed by atoms with van der Waals surface area (Å²) in [5, 5.41) is 11.6. The average molecular weight is 342 g/mol. The summed E-state index contributed by atoms with van der Waals surface area (Å²) < 4.78 is 31.0. The predicted molar refractivity (Wildman–Crippen MR) is 82.3 cm³/mol. The molecule has 0 aliphatic rings. The second-order valence-electron chi connectivity index (χ2n) is 4.96. The number of nitrogens with zero attached hydrogens (tertiary/aromatic N) is 2. The van der Waals surface area contributed by atoms with E-state index >= 15 is 0 Å². The molecule has 124 valence electrons. The summed E-state index contributed by atoms with van der Waals surface area (Å²) in [5.74, 6) is -2.27. The molecule has 2 rings (SSSR count). The van der Waals surface area contributed by atoms with E-state index in [0.29, 0.717) is 10.6 Å². The fourth-order valence-corrected chi connectivity index (χ4v) is 2.76. The van der Waals surface area contributed by atoms with Gasteiger partial charge in [0.1, 0.15) is 10.7 Å². The Labute approximate surface area is 136 Å². The third kappa shape index (κ3) is 4.31. The van der Waals surface area contributed by atoms with Gasteiger partial charge in [-0.15, -0.1) is 11.3 Å². The van der Waals surface area contributed by atoms with E-state index in [1.54, 1.807) is 0 Å². The number of hydrogen-bond acceptors (Lipinski definition) is 5. The summed E-state index contributed by atoms with van der Waals surface area (Å²) in [6.45, 7) is 0.222. The molecule has 0 saturated heterocycles. The van der Waals surface area contributed by atoms with E-state index in [-0.39, 0.29) is 24.8 Å². The summed E-state index contributed by atoms with van der Waals surface area (Å²) in [5.41, 5.74) is 0.580. The average Bonchev–Trinajstić information content (AvgIpc) is 2.99. The van der Waals surface area contributed by atoms with Gasteiger partial charge in [0.15, 0.2) is 11.6 Å². The van der Waals surface area contributed by atoms with Gasteiger partial charge in [0.25, 0.3) is 5.91 Å². The van der Waals surface area contributed by atoms with Gasteiger partial charge in [0.05, 0.1) is 12.7 Å². The van der Waals surface area contributed by atoms with Crippen molar-refractivity contribution in [2.45, 2.75) is 6.10 Å². The third-order valence-corrected chi connectivity index (χ3v) is 3.97. The molecule has 0 aliphatic heterocycles. The summed E-state index contributed by atoms with van der Waals surface area (Å²) in [7, 11) is 3.00. The van der Waals surface area contributed by atoms with Crippen molar-refractivity contribution in [1.29, 1.82) is 0 Å². The van der Waals surface area contributed by atoms with Gasteiger partial charge in [0, 0.05) is 31.6 Å². The first-order valence-electron chi connectivity index (χ1n) is 6.75. The SMILES string of the molecule is COCC(O)CN(C)C(=O)c1csc(-c2ccc(F)c(F)c2)n1. The minimum atomic E-state index is -0.967. The van der Waals surface area contributed by atoms with Gasteiger partial charge in [-0.1, -0.05) is 0 Å². The van der Waals surface area contributed by atoms with Crippen LogP contribution >= 0.6 is 11.3 Å². The highest BCUT2D eigenvalue weighted by Crippen LogP contribution is 2.25. The van der Waals surface area contributed by atoms with E-state index in [0.717, 1.165) is 23.5 Å². The Hall–Kier alpha value is -1.90. The molecule has 0 radical (unpaired) electrons. The molecule has 5 nitrogen and oxygen atoms in total. The van der Waals surface area contributed by atoms with Crippen molar-refractivity contribution < 1.29 is 23.4 Å². The molecular weight excluding hydrogens is 326 g/mol. The van der Waals surface area contributed by atoms with Gasteiger partial charge >= 0.3 is 0 Å². The number of hydrogen-bond donors (Lipinski definition) is 1. The largest absolute Gasteiger partial charge is 0.389 e. The van der Waals surface area contributed by atoms with Gasteiger partial charge in [0.2, 0.25) is 0 Å². The van der Waals surface area contributed by atoms with Gasteiger partial charge < -0.3 is 14.7 Å². The van der Waals surface area contributed by atoms with Crippen LogP contribution in [0.15, 0.2) is 23.6 Å². The van der Waals surface area contributed by atoms with Crippen LogP contribution in [-0.4, -0.2) is 54.3 Å². The zero-order valence-electron chi connectivity index (χ0n) is 12.6. The van der Waals surface area contributed by atoms with E-state index < -0.39 is 17.7 Å². The molecule has 1 amide bonds. The Morgan fingerprint density at radius 1 is 1.43 bits per heavy atom. The molecule has 23 heavy (non-hydrogen) atoms. The first-order valence-corrected chi connectivity index (χ1v) is 7.63. The number of likely N-dealkylation sites (N-methyl/N-ethyl adjacent to an activating group) is 1. The molecule has 1 heterocycles. The lowest BCUT2D eigenvalue weighted by atomic mass is 10.2. The van der Waals surface area contributed by atoms with Crippen LogP contribution in [0.1, 0.15) is 10.5 Å². The Kier molecular flexibility index (Phi) is 5.75. The second kappa shape index (κ2) is 7.58. The number of ether oxygens (including phenoxy) is 1. The topological polar surface area (TPSA) is 62.7 Å². The summed E-state index contributed by atoms with van der Waals surface area (Å²) >= 11 is 1.16. The molecular formula is C15H16F2N2O3S. The first kappa shape index (κ1) is 17.5. The molecule has 0 aliphatic carbocycles. The van der Waals surface area contributed by atoms with Crippen LogP contribution < -0.4 is 0 Å². The maximum Gasteiger partial charge on any atom is 0.273 e. The van der Waals surface area contributed by atoms with E-state index in [1.165, 1.54) is 30.5 Å². The Morgan fingerprint density at radius 3 is 2.83 bits per heavy atom. The number of thiazole rings is 1. The van der Waals surface area contributed by atoms with E-state index in [4.69, 9.17) is 4.74 Å². The van der Waals surface area contributed by atoms with Gasteiger partial charge in [-0.05, 0) is 18.2 Å². The molecule has 1 aromatic heterocycles. The third-order valence-electron chi connectivity index (χ3n) is 3.08. The van der Waals surface area contributed by atoms with Crippen LogP contribution in [0.4, 0.5) is 8.78 Å². The molecule has 0 fully saturated rings. The van der Waals surface area contributed by atoms with Crippen molar-refractivity contribution in [1.82, 2.24) is 9.88 Å². The molecule has 0 bridgehead atoms. The molecule has 1 unspecified atom stereocenters. The van der Waals surface area contributed by atoms with Crippen LogP contribution in [0.3, 0.4) is 0 Å². The molecule has 0 saturated carbocycles.